The highest BCUT2D eigenvalue weighted by molar-refractivity contribution is 6.85. The van der Waals surface area contributed by atoms with Gasteiger partial charge < -0.3 is 13.9 Å². The van der Waals surface area contributed by atoms with Gasteiger partial charge in [0.05, 0.1) is 11.0 Å². The maximum Gasteiger partial charge on any atom is 0.329 e. The number of para-hydroxylation sites is 4. The first-order valence-electron chi connectivity index (χ1n) is 18.0. The summed E-state index contributed by atoms with van der Waals surface area (Å²) >= 11 is 0. The highest BCUT2D eigenvalue weighted by Crippen LogP contribution is 2.56. The lowest BCUT2D eigenvalue weighted by Crippen LogP contribution is -2.52. The summed E-state index contributed by atoms with van der Waals surface area (Å²) in [5.74, 6) is 0. The van der Waals surface area contributed by atoms with Crippen molar-refractivity contribution in [1.29, 1.82) is 0 Å². The maximum atomic E-state index is 2.73. The minimum atomic E-state index is -0.197. The molecule has 3 aliphatic rings. The quantitative estimate of drug-likeness (QED) is 0.170. The van der Waals surface area contributed by atoms with Crippen molar-refractivity contribution in [3.8, 4) is 16.8 Å². The lowest BCUT2D eigenvalue weighted by molar-refractivity contribution is 0.663. The van der Waals surface area contributed by atoms with Crippen LogP contribution < -0.4 is 10.4 Å². The van der Waals surface area contributed by atoms with Gasteiger partial charge in [-0.25, -0.2) is 0 Å². The van der Waals surface area contributed by atoms with Crippen LogP contribution in [0.2, 0.25) is 0 Å². The average molecular weight is 650 g/mol. The van der Waals surface area contributed by atoms with E-state index in [1.807, 2.05) is 0 Å². The molecule has 7 aromatic carbocycles. The molecular formula is C47H32BN3. The van der Waals surface area contributed by atoms with Crippen molar-refractivity contribution >= 4 is 73.0 Å². The Morgan fingerprint density at radius 2 is 1.12 bits per heavy atom. The Labute approximate surface area is 296 Å². The molecule has 0 fully saturated rings. The smallest absolute Gasteiger partial charge is 0.329 e. The molecule has 9 aromatic rings. The fourth-order valence-electron chi connectivity index (χ4n) is 10.2. The zero-order valence-corrected chi connectivity index (χ0v) is 28.4. The minimum Gasteiger partial charge on any atom is -0.376 e. The van der Waals surface area contributed by atoms with E-state index in [4.69, 9.17) is 0 Å². The van der Waals surface area contributed by atoms with Crippen molar-refractivity contribution in [2.24, 2.45) is 0 Å². The summed E-state index contributed by atoms with van der Waals surface area (Å²) < 4.78 is 5.17. The molecule has 0 saturated heterocycles. The molecule has 0 bridgehead atoms. The number of nitrogens with zero attached hydrogens (tertiary/aromatic N) is 3. The predicted molar refractivity (Wildman–Crippen MR) is 215 cm³/mol. The zero-order chi connectivity index (χ0) is 33.6. The minimum absolute atomic E-state index is 0.0309. The van der Waals surface area contributed by atoms with Crippen LogP contribution in [0.15, 0.2) is 163 Å². The van der Waals surface area contributed by atoms with Crippen LogP contribution in [0.4, 0.5) is 11.4 Å². The van der Waals surface area contributed by atoms with Crippen LogP contribution in [-0.4, -0.2) is 15.9 Å². The molecule has 238 valence electrons. The van der Waals surface area contributed by atoms with Gasteiger partial charge in [-0.05, 0) is 70.6 Å². The SMILES string of the molecule is CC1(C)C2=C(c3ccccc31)N(c1ccccc1)c1cccc3c1B2n1c2ccc4c(c5ccccc5n4-c4ccccc4)c2c2cccc-3c21. The van der Waals surface area contributed by atoms with Gasteiger partial charge in [0, 0.05) is 71.9 Å². The monoisotopic (exact) mass is 649 g/mol. The average Bonchev–Trinajstić information content (AvgIpc) is 3.78. The maximum absolute atomic E-state index is 2.73. The van der Waals surface area contributed by atoms with Gasteiger partial charge >= 0.3 is 6.85 Å². The number of aromatic nitrogens is 2. The van der Waals surface area contributed by atoms with Crippen LogP contribution >= 0.6 is 0 Å². The zero-order valence-electron chi connectivity index (χ0n) is 28.4. The number of anilines is 2. The molecule has 2 aromatic heterocycles. The summed E-state index contributed by atoms with van der Waals surface area (Å²) in [7, 11) is 0. The van der Waals surface area contributed by atoms with E-state index < -0.39 is 0 Å². The van der Waals surface area contributed by atoms with Crippen LogP contribution in [0.1, 0.15) is 25.0 Å². The molecule has 4 heteroatoms. The third-order valence-corrected chi connectivity index (χ3v) is 12.1. The second-order valence-corrected chi connectivity index (χ2v) is 14.9. The number of hydrogen-bond donors (Lipinski definition) is 0. The van der Waals surface area contributed by atoms with E-state index in [2.05, 4.69) is 186 Å². The van der Waals surface area contributed by atoms with Crippen molar-refractivity contribution in [3.63, 3.8) is 0 Å². The van der Waals surface area contributed by atoms with E-state index in [1.54, 1.807) is 0 Å². The van der Waals surface area contributed by atoms with E-state index in [0.717, 1.165) is 0 Å². The lowest BCUT2D eigenvalue weighted by Gasteiger charge is -2.42. The Morgan fingerprint density at radius 3 is 1.96 bits per heavy atom. The summed E-state index contributed by atoms with van der Waals surface area (Å²) in [5.41, 5.74) is 18.1. The highest BCUT2D eigenvalue weighted by Gasteiger charge is 2.52. The molecule has 3 nitrogen and oxygen atoms in total. The first kappa shape index (κ1) is 27.6. The van der Waals surface area contributed by atoms with E-state index in [9.17, 15) is 0 Å². The van der Waals surface area contributed by atoms with Gasteiger partial charge in [-0.3, -0.25) is 0 Å². The highest BCUT2D eigenvalue weighted by atomic mass is 15.2. The standard InChI is InChI=1S/C47H32BN3/c1-47(2)36-24-11-9-19-33(36)45-46(47)48-43-31(21-14-26-40(43)50(45)30-17-7-4-8-18-30)32-22-13-23-35-42-39(51(48)44(32)35)28-27-38-41(42)34-20-10-12-25-37(34)49(38)29-15-5-3-6-16-29/h3-28H,1-2H3. The molecular weight excluding hydrogens is 617 g/mol. The molecule has 12 rings (SSSR count). The van der Waals surface area contributed by atoms with Crippen LogP contribution in [0.3, 0.4) is 0 Å². The number of allylic oxidation sites excluding steroid dienone is 1. The second-order valence-electron chi connectivity index (χ2n) is 14.9. The van der Waals surface area contributed by atoms with Gasteiger partial charge in [-0.2, -0.15) is 0 Å². The van der Waals surface area contributed by atoms with Crippen LogP contribution in [0.5, 0.6) is 0 Å². The van der Waals surface area contributed by atoms with Crippen molar-refractivity contribution in [2.45, 2.75) is 19.3 Å². The summed E-state index contributed by atoms with van der Waals surface area (Å²) in [6.45, 7) is 4.92. The Kier molecular flexibility index (Phi) is 5.13. The Balaban J connectivity index is 1.27. The Bertz CT molecular complexity index is 3000. The summed E-state index contributed by atoms with van der Waals surface area (Å²) in [4.78, 5) is 2.56. The molecule has 2 aliphatic heterocycles. The van der Waals surface area contributed by atoms with Crippen molar-refractivity contribution in [2.75, 3.05) is 4.90 Å². The van der Waals surface area contributed by atoms with Gasteiger partial charge in [-0.1, -0.05) is 123 Å². The van der Waals surface area contributed by atoms with Gasteiger partial charge in [0.2, 0.25) is 0 Å². The first-order chi connectivity index (χ1) is 25.1. The number of hydrogen-bond acceptors (Lipinski definition) is 1. The van der Waals surface area contributed by atoms with Gasteiger partial charge in [0.25, 0.3) is 0 Å². The van der Waals surface area contributed by atoms with Gasteiger partial charge in [0.15, 0.2) is 0 Å². The van der Waals surface area contributed by atoms with Crippen LogP contribution in [-0.2, 0) is 5.41 Å². The van der Waals surface area contributed by atoms with Crippen molar-refractivity contribution in [3.05, 3.63) is 174 Å². The molecule has 0 radical (unpaired) electrons. The fourth-order valence-corrected chi connectivity index (χ4v) is 10.2. The third kappa shape index (κ3) is 3.27. The van der Waals surface area contributed by atoms with Gasteiger partial charge in [-0.15, -0.1) is 0 Å². The Hall–Kier alpha value is -6.26. The molecule has 4 heterocycles. The molecule has 0 saturated carbocycles. The molecule has 0 unspecified atom stereocenters. The summed E-state index contributed by atoms with van der Waals surface area (Å²) in [6, 6.07) is 58.6. The summed E-state index contributed by atoms with van der Waals surface area (Å²) in [5, 5.41) is 5.27. The second kappa shape index (κ2) is 9.50. The predicted octanol–water partition coefficient (Wildman–Crippen LogP) is 11.0. The number of fused-ring (bicyclic) bond motifs is 12. The fraction of sp³-hybridized carbons (Fsp3) is 0.0638. The first-order valence-corrected chi connectivity index (χ1v) is 18.0. The number of benzene rings is 7. The van der Waals surface area contributed by atoms with Crippen molar-refractivity contribution < 1.29 is 0 Å². The van der Waals surface area contributed by atoms with Gasteiger partial charge in [0.1, 0.15) is 0 Å². The molecule has 0 amide bonds. The van der Waals surface area contributed by atoms with E-state index in [1.165, 1.54) is 99.6 Å². The lowest BCUT2D eigenvalue weighted by atomic mass is 9.40. The Morgan fingerprint density at radius 1 is 0.490 bits per heavy atom. The van der Waals surface area contributed by atoms with E-state index in [-0.39, 0.29) is 12.3 Å². The topological polar surface area (TPSA) is 13.1 Å². The van der Waals surface area contributed by atoms with Crippen molar-refractivity contribution in [1.82, 2.24) is 9.05 Å². The van der Waals surface area contributed by atoms with E-state index in [0.29, 0.717) is 0 Å². The van der Waals surface area contributed by atoms with E-state index >= 15 is 0 Å². The normalized spacial score (nSPS) is 15.3. The van der Waals surface area contributed by atoms with Crippen LogP contribution in [0, 0.1) is 0 Å². The van der Waals surface area contributed by atoms with Crippen LogP contribution in [0.25, 0.3) is 66.1 Å². The third-order valence-electron chi connectivity index (χ3n) is 12.1. The molecule has 0 N–H and O–H groups in total. The summed E-state index contributed by atoms with van der Waals surface area (Å²) in [6.07, 6.45) is 0. The number of rotatable bonds is 2. The largest absolute Gasteiger partial charge is 0.376 e. The molecule has 0 atom stereocenters. The molecule has 0 spiro atoms. The molecule has 1 aliphatic carbocycles. The molecule has 51 heavy (non-hydrogen) atoms.